The quantitative estimate of drug-likeness (QED) is 0.639. The van der Waals surface area contributed by atoms with Crippen LogP contribution in [0.2, 0.25) is 10.0 Å². The van der Waals surface area contributed by atoms with E-state index in [1.165, 1.54) is 12.1 Å². The standard InChI is InChI=1S/C11H4Cl2N4O/c12-7-1-8(13)11(18)9(2-7)17-10(5-16)6(3-14)4-15/h1-2,17-18H. The molecule has 1 aromatic carbocycles. The number of hydrogen-bond acceptors (Lipinski definition) is 5. The number of rotatable bonds is 2. The monoisotopic (exact) mass is 278 g/mol. The number of halogens is 2. The number of nitriles is 3. The second kappa shape index (κ2) is 5.80. The van der Waals surface area contributed by atoms with Crippen LogP contribution in [0.3, 0.4) is 0 Å². The molecule has 88 valence electrons. The van der Waals surface area contributed by atoms with Gasteiger partial charge in [0.1, 0.15) is 23.9 Å². The molecule has 0 amide bonds. The molecule has 0 heterocycles. The van der Waals surface area contributed by atoms with Gasteiger partial charge in [-0.25, -0.2) is 0 Å². The summed E-state index contributed by atoms with van der Waals surface area (Å²) in [4.78, 5) is 0. The molecule has 0 radical (unpaired) electrons. The Morgan fingerprint density at radius 3 is 2.22 bits per heavy atom. The first kappa shape index (κ1) is 13.7. The van der Waals surface area contributed by atoms with Crippen molar-refractivity contribution in [1.29, 1.82) is 15.8 Å². The second-order valence-corrected chi connectivity index (χ2v) is 3.84. The molecular formula is C11H4Cl2N4O. The van der Waals surface area contributed by atoms with Crippen molar-refractivity contribution in [2.24, 2.45) is 0 Å². The van der Waals surface area contributed by atoms with Crippen LogP contribution < -0.4 is 5.32 Å². The minimum Gasteiger partial charge on any atom is -0.504 e. The molecule has 0 atom stereocenters. The van der Waals surface area contributed by atoms with Gasteiger partial charge < -0.3 is 10.4 Å². The van der Waals surface area contributed by atoms with Crippen molar-refractivity contribution < 1.29 is 5.11 Å². The highest BCUT2D eigenvalue weighted by atomic mass is 35.5. The van der Waals surface area contributed by atoms with E-state index in [2.05, 4.69) is 5.32 Å². The van der Waals surface area contributed by atoms with Gasteiger partial charge in [-0.1, -0.05) is 23.2 Å². The highest BCUT2D eigenvalue weighted by molar-refractivity contribution is 6.36. The highest BCUT2D eigenvalue weighted by Crippen LogP contribution is 2.35. The average molecular weight is 279 g/mol. The molecular weight excluding hydrogens is 275 g/mol. The number of aromatic hydroxyl groups is 1. The largest absolute Gasteiger partial charge is 0.504 e. The summed E-state index contributed by atoms with van der Waals surface area (Å²) >= 11 is 11.4. The topological polar surface area (TPSA) is 104 Å². The molecule has 0 aliphatic carbocycles. The lowest BCUT2D eigenvalue weighted by Crippen LogP contribution is -2.01. The first-order valence-corrected chi connectivity index (χ1v) is 5.18. The van der Waals surface area contributed by atoms with Gasteiger partial charge in [-0.15, -0.1) is 0 Å². The molecule has 1 aromatic rings. The molecule has 0 saturated carbocycles. The SMILES string of the molecule is N#CC(C#N)=C(C#N)Nc1cc(Cl)cc(Cl)c1O. The smallest absolute Gasteiger partial charge is 0.163 e. The number of anilines is 1. The Kier molecular flexibility index (Phi) is 4.40. The lowest BCUT2D eigenvalue weighted by atomic mass is 10.2. The van der Waals surface area contributed by atoms with Crippen molar-refractivity contribution in [3.05, 3.63) is 33.4 Å². The number of nitrogens with zero attached hydrogens (tertiary/aromatic N) is 3. The van der Waals surface area contributed by atoms with E-state index in [-0.39, 0.29) is 27.2 Å². The first-order valence-electron chi connectivity index (χ1n) is 4.43. The van der Waals surface area contributed by atoms with Gasteiger partial charge in [0.2, 0.25) is 0 Å². The van der Waals surface area contributed by atoms with Crippen molar-refractivity contribution in [2.45, 2.75) is 0 Å². The first-order chi connectivity index (χ1) is 8.53. The van der Waals surface area contributed by atoms with Crippen molar-refractivity contribution >= 4 is 28.9 Å². The molecule has 0 spiro atoms. The van der Waals surface area contributed by atoms with E-state index >= 15 is 0 Å². The normalized spacial score (nSPS) is 8.61. The zero-order valence-corrected chi connectivity index (χ0v) is 10.2. The molecule has 0 aliphatic heterocycles. The van der Waals surface area contributed by atoms with E-state index in [1.807, 2.05) is 0 Å². The van der Waals surface area contributed by atoms with Gasteiger partial charge in [0.05, 0.1) is 10.7 Å². The summed E-state index contributed by atoms with van der Waals surface area (Å²) in [5, 5.41) is 38.4. The molecule has 0 fully saturated rings. The summed E-state index contributed by atoms with van der Waals surface area (Å²) < 4.78 is 0. The Morgan fingerprint density at radius 2 is 1.72 bits per heavy atom. The summed E-state index contributed by atoms with van der Waals surface area (Å²) in [5.74, 6) is -0.330. The molecule has 0 aromatic heterocycles. The molecule has 2 N–H and O–H groups in total. The van der Waals surface area contributed by atoms with E-state index < -0.39 is 5.57 Å². The van der Waals surface area contributed by atoms with Gasteiger partial charge in [-0.2, -0.15) is 15.8 Å². The molecule has 0 aliphatic rings. The Labute approximate surface area is 113 Å². The van der Waals surface area contributed by atoms with Crippen LogP contribution >= 0.6 is 23.2 Å². The van der Waals surface area contributed by atoms with Crippen LogP contribution in [0.15, 0.2) is 23.4 Å². The van der Waals surface area contributed by atoms with Crippen molar-refractivity contribution in [2.75, 3.05) is 5.32 Å². The Bertz CT molecular complexity index is 631. The van der Waals surface area contributed by atoms with Crippen LogP contribution in [0, 0.1) is 34.0 Å². The molecule has 0 unspecified atom stereocenters. The van der Waals surface area contributed by atoms with Gasteiger partial charge in [-0.3, -0.25) is 0 Å². The van der Waals surface area contributed by atoms with Gasteiger partial charge in [-0.05, 0) is 12.1 Å². The minimum atomic E-state index is -0.409. The summed E-state index contributed by atoms with van der Waals surface area (Å²) in [5.41, 5.74) is -0.673. The zero-order chi connectivity index (χ0) is 13.7. The maximum Gasteiger partial charge on any atom is 0.163 e. The molecule has 7 heteroatoms. The fourth-order valence-corrected chi connectivity index (χ4v) is 1.57. The fourth-order valence-electron chi connectivity index (χ4n) is 1.08. The van der Waals surface area contributed by atoms with Gasteiger partial charge in [0, 0.05) is 5.02 Å². The van der Waals surface area contributed by atoms with E-state index in [0.29, 0.717) is 0 Å². The molecule has 5 nitrogen and oxygen atoms in total. The van der Waals surface area contributed by atoms with E-state index in [0.717, 1.165) is 0 Å². The maximum absolute atomic E-state index is 9.64. The zero-order valence-electron chi connectivity index (χ0n) is 8.70. The van der Waals surface area contributed by atoms with Crippen molar-refractivity contribution in [1.82, 2.24) is 0 Å². The van der Waals surface area contributed by atoms with Crippen molar-refractivity contribution in [3.8, 4) is 24.0 Å². The Morgan fingerprint density at radius 1 is 1.11 bits per heavy atom. The third-order valence-electron chi connectivity index (χ3n) is 1.87. The average Bonchev–Trinajstić information content (AvgIpc) is 2.35. The minimum absolute atomic E-state index is 0.0160. The molecule has 18 heavy (non-hydrogen) atoms. The lowest BCUT2D eigenvalue weighted by molar-refractivity contribution is 0.478. The summed E-state index contributed by atoms with van der Waals surface area (Å²) in [6.07, 6.45) is 0. The summed E-state index contributed by atoms with van der Waals surface area (Å²) in [6.45, 7) is 0. The van der Waals surface area contributed by atoms with Crippen molar-refractivity contribution in [3.63, 3.8) is 0 Å². The van der Waals surface area contributed by atoms with Crippen LogP contribution in [0.4, 0.5) is 5.69 Å². The van der Waals surface area contributed by atoms with Gasteiger partial charge in [0.15, 0.2) is 11.3 Å². The van der Waals surface area contributed by atoms with Gasteiger partial charge in [0.25, 0.3) is 0 Å². The molecule has 0 bridgehead atoms. The van der Waals surface area contributed by atoms with Crippen LogP contribution in [-0.2, 0) is 0 Å². The van der Waals surface area contributed by atoms with Crippen LogP contribution in [0.25, 0.3) is 0 Å². The van der Waals surface area contributed by atoms with Crippen LogP contribution in [-0.4, -0.2) is 5.11 Å². The fraction of sp³-hybridized carbons (Fsp3) is 0. The number of benzene rings is 1. The molecule has 0 saturated heterocycles. The van der Waals surface area contributed by atoms with Crippen LogP contribution in [0.1, 0.15) is 0 Å². The third kappa shape index (κ3) is 2.84. The Hall–Kier alpha value is -2.39. The number of phenolic OH excluding ortho intramolecular Hbond substituents is 1. The highest BCUT2D eigenvalue weighted by Gasteiger charge is 2.12. The second-order valence-electron chi connectivity index (χ2n) is 2.99. The number of phenols is 1. The van der Waals surface area contributed by atoms with Crippen LogP contribution in [0.5, 0.6) is 5.75 Å². The summed E-state index contributed by atoms with van der Waals surface area (Å²) in [6, 6.07) is 7.39. The number of allylic oxidation sites excluding steroid dienone is 2. The van der Waals surface area contributed by atoms with E-state index in [4.69, 9.17) is 39.0 Å². The predicted octanol–water partition coefficient (Wildman–Crippen LogP) is 2.94. The number of hydrogen-bond donors (Lipinski definition) is 2. The Balaban J connectivity index is 3.30. The van der Waals surface area contributed by atoms with E-state index in [9.17, 15) is 5.11 Å². The van der Waals surface area contributed by atoms with E-state index in [1.54, 1.807) is 18.2 Å². The summed E-state index contributed by atoms with van der Waals surface area (Å²) in [7, 11) is 0. The predicted molar refractivity (Wildman–Crippen MR) is 65.6 cm³/mol. The molecule has 1 rings (SSSR count). The maximum atomic E-state index is 9.64. The number of nitrogens with one attached hydrogen (secondary N) is 1. The lowest BCUT2D eigenvalue weighted by Gasteiger charge is -2.08. The third-order valence-corrected chi connectivity index (χ3v) is 2.38. The van der Waals surface area contributed by atoms with Gasteiger partial charge >= 0.3 is 0 Å².